The average Bonchev–Trinajstić information content (AvgIpc) is 2.93. The Morgan fingerprint density at radius 2 is 1.95 bits per heavy atom. The molecule has 110 valence electrons. The molecule has 1 saturated carbocycles. The third kappa shape index (κ3) is 4.20. The first-order chi connectivity index (χ1) is 9.18. The summed E-state index contributed by atoms with van der Waals surface area (Å²) >= 11 is 0. The van der Waals surface area contributed by atoms with E-state index in [0.29, 0.717) is 17.9 Å². The van der Waals surface area contributed by atoms with Gasteiger partial charge in [0.2, 0.25) is 5.91 Å². The van der Waals surface area contributed by atoms with Gasteiger partial charge in [-0.05, 0) is 44.6 Å². The van der Waals surface area contributed by atoms with Crippen LogP contribution in [0.3, 0.4) is 0 Å². The molecule has 3 nitrogen and oxygen atoms in total. The Bertz CT molecular complexity index is 278. The van der Waals surface area contributed by atoms with Gasteiger partial charge in [0, 0.05) is 19.1 Å². The third-order valence-corrected chi connectivity index (χ3v) is 4.64. The number of amides is 1. The SMILES string of the molecule is CC(C)CCN(C(=O)C1CCCNC1)C1CCCC1. The largest absolute Gasteiger partial charge is 0.339 e. The van der Waals surface area contributed by atoms with E-state index in [1.807, 2.05) is 0 Å². The lowest BCUT2D eigenvalue weighted by Gasteiger charge is -2.34. The monoisotopic (exact) mass is 266 g/mol. The summed E-state index contributed by atoms with van der Waals surface area (Å²) in [4.78, 5) is 15.0. The highest BCUT2D eigenvalue weighted by Gasteiger charge is 2.31. The van der Waals surface area contributed by atoms with Crippen LogP contribution in [0.5, 0.6) is 0 Å². The molecule has 1 aliphatic heterocycles. The van der Waals surface area contributed by atoms with Crippen LogP contribution in [0, 0.1) is 11.8 Å². The number of piperidine rings is 1. The average molecular weight is 266 g/mol. The van der Waals surface area contributed by atoms with Gasteiger partial charge in [-0.3, -0.25) is 4.79 Å². The van der Waals surface area contributed by atoms with Crippen LogP contribution in [-0.2, 0) is 4.79 Å². The second kappa shape index (κ2) is 7.28. The molecule has 0 aromatic heterocycles. The van der Waals surface area contributed by atoms with Crippen LogP contribution in [0.4, 0.5) is 0 Å². The number of nitrogens with one attached hydrogen (secondary N) is 1. The lowest BCUT2D eigenvalue weighted by atomic mass is 9.96. The van der Waals surface area contributed by atoms with Crippen LogP contribution < -0.4 is 5.32 Å². The van der Waals surface area contributed by atoms with E-state index in [2.05, 4.69) is 24.1 Å². The van der Waals surface area contributed by atoms with Gasteiger partial charge in [0.25, 0.3) is 0 Å². The molecule has 1 amide bonds. The summed E-state index contributed by atoms with van der Waals surface area (Å²) < 4.78 is 0. The molecule has 1 unspecified atom stereocenters. The topological polar surface area (TPSA) is 32.3 Å². The second-order valence-electron chi connectivity index (χ2n) is 6.70. The molecule has 0 aromatic carbocycles. The Morgan fingerprint density at radius 3 is 2.53 bits per heavy atom. The standard InChI is InChI=1S/C16H30N2O/c1-13(2)9-11-18(15-7-3-4-8-15)16(19)14-6-5-10-17-12-14/h13-15,17H,3-12H2,1-2H3. The molecule has 2 rings (SSSR count). The van der Waals surface area contributed by atoms with Crippen molar-refractivity contribution in [2.24, 2.45) is 11.8 Å². The van der Waals surface area contributed by atoms with Crippen LogP contribution >= 0.6 is 0 Å². The zero-order valence-corrected chi connectivity index (χ0v) is 12.7. The summed E-state index contributed by atoms with van der Waals surface area (Å²) in [5, 5.41) is 3.38. The third-order valence-electron chi connectivity index (χ3n) is 4.64. The maximum absolute atomic E-state index is 12.8. The Kier molecular flexibility index (Phi) is 5.68. The Balaban J connectivity index is 1.95. The first kappa shape index (κ1) is 14.8. The van der Waals surface area contributed by atoms with Crippen LogP contribution in [0.25, 0.3) is 0 Å². The van der Waals surface area contributed by atoms with Crippen molar-refractivity contribution in [3.8, 4) is 0 Å². The Labute approximate surface area is 118 Å². The van der Waals surface area contributed by atoms with Crippen molar-refractivity contribution >= 4 is 5.91 Å². The number of carbonyl (C=O) groups is 1. The Morgan fingerprint density at radius 1 is 1.21 bits per heavy atom. The summed E-state index contributed by atoms with van der Waals surface area (Å²) in [5.41, 5.74) is 0. The number of hydrogen-bond acceptors (Lipinski definition) is 2. The van der Waals surface area contributed by atoms with Gasteiger partial charge >= 0.3 is 0 Å². The molecule has 1 saturated heterocycles. The number of rotatable bonds is 5. The molecule has 3 heteroatoms. The number of carbonyl (C=O) groups excluding carboxylic acids is 1. The van der Waals surface area contributed by atoms with Gasteiger partial charge in [0.15, 0.2) is 0 Å². The molecule has 1 aliphatic carbocycles. The van der Waals surface area contributed by atoms with E-state index in [9.17, 15) is 4.79 Å². The van der Waals surface area contributed by atoms with Gasteiger partial charge in [0.05, 0.1) is 5.92 Å². The molecular weight excluding hydrogens is 236 g/mol. The molecule has 19 heavy (non-hydrogen) atoms. The van der Waals surface area contributed by atoms with Crippen LogP contribution in [0.1, 0.15) is 58.8 Å². The summed E-state index contributed by atoms with van der Waals surface area (Å²) in [5.74, 6) is 1.35. The number of nitrogens with zero attached hydrogens (tertiary/aromatic N) is 1. The van der Waals surface area contributed by atoms with E-state index < -0.39 is 0 Å². The molecule has 0 aromatic rings. The maximum atomic E-state index is 12.8. The normalized spacial score (nSPS) is 24.9. The van der Waals surface area contributed by atoms with Crippen molar-refractivity contribution in [1.29, 1.82) is 0 Å². The number of hydrogen-bond donors (Lipinski definition) is 1. The van der Waals surface area contributed by atoms with Crippen molar-refractivity contribution in [1.82, 2.24) is 10.2 Å². The van der Waals surface area contributed by atoms with Gasteiger partial charge in [-0.2, -0.15) is 0 Å². The van der Waals surface area contributed by atoms with Crippen LogP contribution in [0.2, 0.25) is 0 Å². The highest BCUT2D eigenvalue weighted by Crippen LogP contribution is 2.26. The van der Waals surface area contributed by atoms with E-state index in [1.165, 1.54) is 25.7 Å². The highest BCUT2D eigenvalue weighted by atomic mass is 16.2. The predicted molar refractivity (Wildman–Crippen MR) is 79.0 cm³/mol. The molecule has 2 fully saturated rings. The maximum Gasteiger partial charge on any atom is 0.227 e. The summed E-state index contributed by atoms with van der Waals surface area (Å²) in [6, 6.07) is 0.535. The minimum absolute atomic E-state index is 0.238. The Hall–Kier alpha value is -0.570. The van der Waals surface area contributed by atoms with Gasteiger partial charge < -0.3 is 10.2 Å². The molecular formula is C16H30N2O. The zero-order valence-electron chi connectivity index (χ0n) is 12.7. The summed E-state index contributed by atoms with van der Waals surface area (Å²) in [6.07, 6.45) is 8.43. The lowest BCUT2D eigenvalue weighted by Crippen LogP contribution is -2.47. The quantitative estimate of drug-likeness (QED) is 0.830. The zero-order chi connectivity index (χ0) is 13.7. The smallest absolute Gasteiger partial charge is 0.227 e. The van der Waals surface area contributed by atoms with Crippen LogP contribution in [-0.4, -0.2) is 36.5 Å². The minimum atomic E-state index is 0.238. The van der Waals surface area contributed by atoms with Crippen LogP contribution in [0.15, 0.2) is 0 Å². The fourth-order valence-corrected chi connectivity index (χ4v) is 3.38. The van der Waals surface area contributed by atoms with E-state index in [1.54, 1.807) is 0 Å². The second-order valence-corrected chi connectivity index (χ2v) is 6.70. The first-order valence-corrected chi connectivity index (χ1v) is 8.19. The summed E-state index contributed by atoms with van der Waals surface area (Å²) in [7, 11) is 0. The molecule has 1 heterocycles. The minimum Gasteiger partial charge on any atom is -0.339 e. The highest BCUT2D eigenvalue weighted by molar-refractivity contribution is 5.79. The molecule has 1 atom stereocenters. The van der Waals surface area contributed by atoms with Gasteiger partial charge in [-0.1, -0.05) is 26.7 Å². The molecule has 0 radical (unpaired) electrons. The van der Waals surface area contributed by atoms with Crippen molar-refractivity contribution in [2.45, 2.75) is 64.8 Å². The van der Waals surface area contributed by atoms with Gasteiger partial charge in [-0.15, -0.1) is 0 Å². The molecule has 1 N–H and O–H groups in total. The van der Waals surface area contributed by atoms with Gasteiger partial charge in [-0.25, -0.2) is 0 Å². The fraction of sp³-hybridized carbons (Fsp3) is 0.938. The van der Waals surface area contributed by atoms with Crippen molar-refractivity contribution in [2.75, 3.05) is 19.6 Å². The molecule has 0 bridgehead atoms. The van der Waals surface area contributed by atoms with E-state index in [0.717, 1.165) is 38.9 Å². The fourth-order valence-electron chi connectivity index (χ4n) is 3.38. The predicted octanol–water partition coefficient (Wildman–Crippen LogP) is 2.80. The van der Waals surface area contributed by atoms with E-state index in [-0.39, 0.29) is 5.92 Å². The lowest BCUT2D eigenvalue weighted by molar-refractivity contribution is -0.138. The van der Waals surface area contributed by atoms with Crippen molar-refractivity contribution in [3.05, 3.63) is 0 Å². The first-order valence-electron chi connectivity index (χ1n) is 8.19. The van der Waals surface area contributed by atoms with E-state index >= 15 is 0 Å². The summed E-state index contributed by atoms with van der Waals surface area (Å²) in [6.45, 7) is 7.44. The van der Waals surface area contributed by atoms with Crippen molar-refractivity contribution in [3.63, 3.8) is 0 Å². The molecule has 0 spiro atoms. The molecule has 2 aliphatic rings. The van der Waals surface area contributed by atoms with Gasteiger partial charge in [0.1, 0.15) is 0 Å². The van der Waals surface area contributed by atoms with Crippen molar-refractivity contribution < 1.29 is 4.79 Å². The van der Waals surface area contributed by atoms with E-state index in [4.69, 9.17) is 0 Å².